The van der Waals surface area contributed by atoms with Gasteiger partial charge in [-0.2, -0.15) is 0 Å². The highest BCUT2D eigenvalue weighted by molar-refractivity contribution is 6.41. The standard InChI is InChI=1S/C6H3Cl2NO2.C5H11N/c7-4-1-3(6(10)11)2-9-5(4)8;1-2-4-6-5-3-1/h1-2H,(H,10,11);6H,1-5H2. The van der Waals surface area contributed by atoms with E-state index >= 15 is 0 Å². The molecule has 0 spiro atoms. The number of rotatable bonds is 1. The third-order valence-corrected chi connectivity index (χ3v) is 2.94. The molecule has 0 aliphatic carbocycles. The number of carboxylic acid groups (broad SMARTS) is 1. The van der Waals surface area contributed by atoms with Crippen LogP contribution in [0.4, 0.5) is 0 Å². The molecule has 2 heterocycles. The van der Waals surface area contributed by atoms with E-state index in [4.69, 9.17) is 28.3 Å². The van der Waals surface area contributed by atoms with E-state index in [1.165, 1.54) is 38.4 Å². The van der Waals surface area contributed by atoms with Crippen LogP contribution in [0.15, 0.2) is 12.3 Å². The molecule has 0 atom stereocenters. The van der Waals surface area contributed by atoms with Crippen molar-refractivity contribution in [2.45, 2.75) is 19.3 Å². The summed E-state index contributed by atoms with van der Waals surface area (Å²) in [7, 11) is 0. The van der Waals surface area contributed by atoms with Gasteiger partial charge in [-0.15, -0.1) is 0 Å². The smallest absolute Gasteiger partial charge is 0.337 e. The first-order chi connectivity index (χ1) is 8.11. The fraction of sp³-hybridized carbons (Fsp3) is 0.455. The highest BCUT2D eigenvalue weighted by Crippen LogP contribution is 2.19. The second kappa shape index (κ2) is 7.48. The molecule has 0 amide bonds. The van der Waals surface area contributed by atoms with Crippen molar-refractivity contribution in [3.63, 3.8) is 0 Å². The zero-order chi connectivity index (χ0) is 12.7. The van der Waals surface area contributed by atoms with Crippen molar-refractivity contribution in [3.8, 4) is 0 Å². The molecule has 6 heteroatoms. The van der Waals surface area contributed by atoms with E-state index in [0.29, 0.717) is 0 Å². The molecule has 0 radical (unpaired) electrons. The Morgan fingerprint density at radius 3 is 2.29 bits per heavy atom. The average molecular weight is 277 g/mol. The predicted molar refractivity (Wildman–Crippen MR) is 67.9 cm³/mol. The van der Waals surface area contributed by atoms with Gasteiger partial charge in [-0.25, -0.2) is 9.78 Å². The normalized spacial score (nSPS) is 14.7. The second-order valence-electron chi connectivity index (χ2n) is 3.61. The molecule has 1 aromatic heterocycles. The van der Waals surface area contributed by atoms with E-state index in [-0.39, 0.29) is 15.7 Å². The SMILES string of the molecule is C1CCNCC1.O=C(O)c1cnc(Cl)c(Cl)c1. The minimum atomic E-state index is -1.07. The summed E-state index contributed by atoms with van der Waals surface area (Å²) in [4.78, 5) is 13.9. The van der Waals surface area contributed by atoms with Gasteiger partial charge in [-0.05, 0) is 32.0 Å². The van der Waals surface area contributed by atoms with Gasteiger partial charge in [-0.3, -0.25) is 0 Å². The summed E-state index contributed by atoms with van der Waals surface area (Å²) in [6.45, 7) is 2.50. The van der Waals surface area contributed by atoms with Crippen molar-refractivity contribution >= 4 is 29.2 Å². The molecule has 94 valence electrons. The van der Waals surface area contributed by atoms with Crippen LogP contribution in [0, 0.1) is 0 Å². The van der Waals surface area contributed by atoms with E-state index in [1.807, 2.05) is 0 Å². The summed E-state index contributed by atoms with van der Waals surface area (Å²) in [5, 5.41) is 12.0. The third-order valence-electron chi connectivity index (χ3n) is 2.25. The molecule has 2 rings (SSSR count). The fourth-order valence-corrected chi connectivity index (χ4v) is 1.61. The number of pyridine rings is 1. The van der Waals surface area contributed by atoms with Crippen molar-refractivity contribution in [2.24, 2.45) is 0 Å². The quantitative estimate of drug-likeness (QED) is 0.775. The Morgan fingerprint density at radius 2 is 1.94 bits per heavy atom. The molecule has 1 saturated heterocycles. The lowest BCUT2D eigenvalue weighted by atomic mass is 10.2. The highest BCUT2D eigenvalue weighted by Gasteiger charge is 2.05. The zero-order valence-electron chi connectivity index (χ0n) is 9.25. The van der Waals surface area contributed by atoms with Crippen molar-refractivity contribution < 1.29 is 9.90 Å². The summed E-state index contributed by atoms with van der Waals surface area (Å²) >= 11 is 10.9. The highest BCUT2D eigenvalue weighted by atomic mass is 35.5. The van der Waals surface area contributed by atoms with Crippen LogP contribution in [-0.4, -0.2) is 29.1 Å². The average Bonchev–Trinajstić information content (AvgIpc) is 2.35. The molecule has 0 bridgehead atoms. The fourth-order valence-electron chi connectivity index (χ4n) is 1.34. The summed E-state index contributed by atoms with van der Waals surface area (Å²) in [6, 6.07) is 1.25. The third kappa shape index (κ3) is 5.35. The first kappa shape index (κ1) is 14.2. The molecule has 0 unspecified atom stereocenters. The number of hydrogen-bond donors (Lipinski definition) is 2. The lowest BCUT2D eigenvalue weighted by molar-refractivity contribution is 0.0696. The van der Waals surface area contributed by atoms with Gasteiger partial charge in [0.1, 0.15) is 5.15 Å². The Labute approximate surface area is 110 Å². The largest absolute Gasteiger partial charge is 0.478 e. The van der Waals surface area contributed by atoms with Crippen LogP contribution >= 0.6 is 23.2 Å². The lowest BCUT2D eigenvalue weighted by Gasteiger charge is -2.08. The Kier molecular flexibility index (Phi) is 6.26. The number of piperidine rings is 1. The molecule has 1 aliphatic rings. The van der Waals surface area contributed by atoms with E-state index in [2.05, 4.69) is 10.3 Å². The van der Waals surface area contributed by atoms with Crippen LogP contribution in [0.1, 0.15) is 29.6 Å². The maximum Gasteiger partial charge on any atom is 0.337 e. The number of hydrogen-bond acceptors (Lipinski definition) is 3. The van der Waals surface area contributed by atoms with Crippen LogP contribution in [0.25, 0.3) is 0 Å². The number of carbonyl (C=O) groups is 1. The molecule has 1 aliphatic heterocycles. The van der Waals surface area contributed by atoms with Gasteiger partial charge < -0.3 is 10.4 Å². The van der Waals surface area contributed by atoms with Gasteiger partial charge >= 0.3 is 5.97 Å². The van der Waals surface area contributed by atoms with Gasteiger partial charge in [0.15, 0.2) is 0 Å². The van der Waals surface area contributed by atoms with Crippen LogP contribution in [0.2, 0.25) is 10.2 Å². The molecular formula is C11H14Cl2N2O2. The summed E-state index contributed by atoms with van der Waals surface area (Å²) in [6.07, 6.45) is 5.36. The first-order valence-electron chi connectivity index (χ1n) is 5.36. The Bertz CT molecular complexity index is 370. The second-order valence-corrected chi connectivity index (χ2v) is 4.38. The molecule has 0 aromatic carbocycles. The van der Waals surface area contributed by atoms with E-state index in [9.17, 15) is 4.79 Å². The number of aromatic carboxylic acids is 1. The maximum atomic E-state index is 10.3. The molecule has 17 heavy (non-hydrogen) atoms. The molecule has 1 fully saturated rings. The van der Waals surface area contributed by atoms with Gasteiger partial charge in [0.05, 0.1) is 10.6 Å². The molecular weight excluding hydrogens is 263 g/mol. The van der Waals surface area contributed by atoms with Crippen molar-refractivity contribution in [1.82, 2.24) is 10.3 Å². The summed E-state index contributed by atoms with van der Waals surface area (Å²) in [5.41, 5.74) is 0.0272. The Balaban J connectivity index is 0.000000202. The molecule has 1 aromatic rings. The molecule has 2 N–H and O–H groups in total. The van der Waals surface area contributed by atoms with Crippen molar-refractivity contribution in [3.05, 3.63) is 28.0 Å². The minimum Gasteiger partial charge on any atom is -0.478 e. The number of nitrogens with one attached hydrogen (secondary N) is 1. The van der Waals surface area contributed by atoms with Crippen LogP contribution in [0.5, 0.6) is 0 Å². The first-order valence-corrected chi connectivity index (χ1v) is 6.12. The number of nitrogens with zero attached hydrogens (tertiary/aromatic N) is 1. The zero-order valence-corrected chi connectivity index (χ0v) is 10.8. The van der Waals surface area contributed by atoms with E-state index in [1.54, 1.807) is 0 Å². The van der Waals surface area contributed by atoms with Gasteiger partial charge in [-0.1, -0.05) is 29.6 Å². The Hall–Kier alpha value is -0.840. The Morgan fingerprint density at radius 1 is 1.29 bits per heavy atom. The minimum absolute atomic E-state index is 0.0272. The van der Waals surface area contributed by atoms with Gasteiger partial charge in [0, 0.05) is 6.20 Å². The predicted octanol–water partition coefficient (Wildman–Crippen LogP) is 2.85. The summed E-state index contributed by atoms with van der Waals surface area (Å²) in [5.74, 6) is -1.07. The number of halogens is 2. The van der Waals surface area contributed by atoms with Crippen molar-refractivity contribution in [1.29, 1.82) is 0 Å². The molecule has 4 nitrogen and oxygen atoms in total. The molecule has 0 saturated carbocycles. The number of aromatic nitrogens is 1. The van der Waals surface area contributed by atoms with Gasteiger partial charge in [0.2, 0.25) is 0 Å². The van der Waals surface area contributed by atoms with Crippen LogP contribution in [0.3, 0.4) is 0 Å². The maximum absolute atomic E-state index is 10.3. The van der Waals surface area contributed by atoms with Crippen molar-refractivity contribution in [2.75, 3.05) is 13.1 Å². The van der Waals surface area contributed by atoms with E-state index in [0.717, 1.165) is 6.20 Å². The van der Waals surface area contributed by atoms with Crippen LogP contribution < -0.4 is 5.32 Å². The summed E-state index contributed by atoms with van der Waals surface area (Å²) < 4.78 is 0. The monoisotopic (exact) mass is 276 g/mol. The van der Waals surface area contributed by atoms with Crippen LogP contribution in [-0.2, 0) is 0 Å². The van der Waals surface area contributed by atoms with E-state index < -0.39 is 5.97 Å². The lowest BCUT2D eigenvalue weighted by Crippen LogP contribution is -2.21. The number of carboxylic acids is 1. The van der Waals surface area contributed by atoms with Gasteiger partial charge in [0.25, 0.3) is 0 Å². The topological polar surface area (TPSA) is 62.2 Å².